The molecule has 4 heteroatoms. The lowest BCUT2D eigenvalue weighted by atomic mass is 10.1. The van der Waals surface area contributed by atoms with Gasteiger partial charge in [-0.05, 0) is 17.9 Å². The molecule has 0 bridgehead atoms. The fourth-order valence-corrected chi connectivity index (χ4v) is 2.65. The average molecular weight is 261 g/mol. The molecule has 1 N–H and O–H groups in total. The molecule has 0 aliphatic carbocycles. The van der Waals surface area contributed by atoms with Crippen LogP contribution in [0.25, 0.3) is 10.8 Å². The van der Waals surface area contributed by atoms with Crippen molar-refractivity contribution in [1.29, 1.82) is 0 Å². The van der Waals surface area contributed by atoms with E-state index in [1.807, 2.05) is 24.3 Å². The van der Waals surface area contributed by atoms with Gasteiger partial charge in [0.25, 0.3) is 0 Å². The maximum Gasteiger partial charge on any atom is 0.354 e. The van der Waals surface area contributed by atoms with Gasteiger partial charge in [0.2, 0.25) is 0 Å². The number of carbonyl (C=O) groups is 1. The van der Waals surface area contributed by atoms with Crippen molar-refractivity contribution in [3.8, 4) is 0 Å². The van der Waals surface area contributed by atoms with Gasteiger partial charge in [0.15, 0.2) is 0 Å². The van der Waals surface area contributed by atoms with E-state index in [4.69, 9.17) is 5.11 Å². The predicted octanol–water partition coefficient (Wildman–Crippen LogP) is 3.82. The van der Waals surface area contributed by atoms with Crippen LogP contribution in [0, 0.1) is 0 Å². The second-order valence-electron chi connectivity index (χ2n) is 4.18. The van der Waals surface area contributed by atoms with Crippen molar-refractivity contribution in [1.82, 2.24) is 4.98 Å². The Morgan fingerprint density at radius 3 is 2.83 bits per heavy atom. The van der Waals surface area contributed by atoms with Gasteiger partial charge in [-0.3, -0.25) is 0 Å². The molecule has 1 aromatic heterocycles. The molecule has 1 aromatic carbocycles. The summed E-state index contributed by atoms with van der Waals surface area (Å²) in [6, 6.07) is 9.39. The Morgan fingerprint density at radius 1 is 1.44 bits per heavy atom. The van der Waals surface area contributed by atoms with Crippen molar-refractivity contribution < 1.29 is 9.90 Å². The Kier molecular flexibility index (Phi) is 3.87. The standard InChI is InChI=1S/C14H15NO2S/c1-3-9(2)18-13-11-7-5-4-6-10(11)8-12(15-13)14(16)17/h4-9H,3H2,1-2H3,(H,16,17). The van der Waals surface area contributed by atoms with Gasteiger partial charge in [0.05, 0.1) is 0 Å². The average Bonchev–Trinajstić information content (AvgIpc) is 2.38. The minimum Gasteiger partial charge on any atom is -0.477 e. The minimum atomic E-state index is -0.980. The number of benzene rings is 1. The van der Waals surface area contributed by atoms with Crippen molar-refractivity contribution in [2.45, 2.75) is 30.5 Å². The molecule has 3 nitrogen and oxygen atoms in total. The third-order valence-corrected chi connectivity index (χ3v) is 4.08. The maximum absolute atomic E-state index is 11.1. The Labute approximate surface area is 110 Å². The normalized spacial score (nSPS) is 12.6. The molecular weight excluding hydrogens is 246 g/mol. The highest BCUT2D eigenvalue weighted by Gasteiger charge is 2.12. The first-order chi connectivity index (χ1) is 8.61. The van der Waals surface area contributed by atoms with Crippen LogP contribution in [0.4, 0.5) is 0 Å². The molecule has 0 amide bonds. The van der Waals surface area contributed by atoms with E-state index in [0.717, 1.165) is 22.2 Å². The quantitative estimate of drug-likeness (QED) is 0.850. The summed E-state index contributed by atoms with van der Waals surface area (Å²) in [5.74, 6) is -0.980. The molecule has 0 aliphatic rings. The number of hydrogen-bond acceptors (Lipinski definition) is 3. The molecule has 1 unspecified atom stereocenters. The van der Waals surface area contributed by atoms with Crippen LogP contribution in [0.2, 0.25) is 0 Å². The van der Waals surface area contributed by atoms with Gasteiger partial charge in [0, 0.05) is 10.6 Å². The third-order valence-electron chi connectivity index (χ3n) is 2.81. The van der Waals surface area contributed by atoms with Crippen LogP contribution in [-0.4, -0.2) is 21.3 Å². The number of thioether (sulfide) groups is 1. The molecule has 0 saturated heterocycles. The lowest BCUT2D eigenvalue weighted by Gasteiger charge is -2.11. The number of carboxylic acid groups (broad SMARTS) is 1. The highest BCUT2D eigenvalue weighted by Crippen LogP contribution is 2.30. The van der Waals surface area contributed by atoms with E-state index in [-0.39, 0.29) is 5.69 Å². The summed E-state index contributed by atoms with van der Waals surface area (Å²) in [5.41, 5.74) is 0.111. The van der Waals surface area contributed by atoms with Crippen LogP contribution < -0.4 is 0 Å². The Balaban J connectivity index is 2.57. The van der Waals surface area contributed by atoms with Crippen molar-refractivity contribution in [3.05, 3.63) is 36.0 Å². The summed E-state index contributed by atoms with van der Waals surface area (Å²) in [6.45, 7) is 4.23. The van der Waals surface area contributed by atoms with Gasteiger partial charge in [0.1, 0.15) is 10.7 Å². The molecule has 2 aromatic rings. The molecule has 0 fully saturated rings. The summed E-state index contributed by atoms with van der Waals surface area (Å²) in [4.78, 5) is 15.3. The second kappa shape index (κ2) is 5.40. The van der Waals surface area contributed by atoms with Gasteiger partial charge in [-0.2, -0.15) is 0 Å². The third kappa shape index (κ3) is 2.64. The molecule has 0 spiro atoms. The number of carboxylic acids is 1. The zero-order chi connectivity index (χ0) is 13.1. The monoisotopic (exact) mass is 261 g/mol. The van der Waals surface area contributed by atoms with Gasteiger partial charge in [-0.1, -0.05) is 38.1 Å². The van der Waals surface area contributed by atoms with Crippen molar-refractivity contribution >= 4 is 28.5 Å². The molecule has 18 heavy (non-hydrogen) atoms. The molecule has 0 saturated carbocycles. The number of aromatic carboxylic acids is 1. The van der Waals surface area contributed by atoms with E-state index < -0.39 is 5.97 Å². The lowest BCUT2D eigenvalue weighted by Crippen LogP contribution is -2.03. The Bertz CT molecular complexity index is 583. The number of nitrogens with zero attached hydrogens (tertiary/aromatic N) is 1. The van der Waals surface area contributed by atoms with Gasteiger partial charge in [-0.15, -0.1) is 11.8 Å². The van der Waals surface area contributed by atoms with E-state index in [1.165, 1.54) is 0 Å². The van der Waals surface area contributed by atoms with Crippen LogP contribution in [0.1, 0.15) is 30.8 Å². The molecule has 1 atom stereocenters. The predicted molar refractivity (Wildman–Crippen MR) is 74.3 cm³/mol. The SMILES string of the molecule is CCC(C)Sc1nc(C(=O)O)cc2ccccc12. The second-order valence-corrected chi connectivity index (χ2v) is 5.60. The summed E-state index contributed by atoms with van der Waals surface area (Å²) in [7, 11) is 0. The number of fused-ring (bicyclic) bond motifs is 1. The zero-order valence-corrected chi connectivity index (χ0v) is 11.2. The zero-order valence-electron chi connectivity index (χ0n) is 10.4. The van der Waals surface area contributed by atoms with Crippen LogP contribution in [0.3, 0.4) is 0 Å². The van der Waals surface area contributed by atoms with E-state index >= 15 is 0 Å². The summed E-state index contributed by atoms with van der Waals surface area (Å²) in [5, 5.41) is 12.3. The fraction of sp³-hybridized carbons (Fsp3) is 0.286. The first-order valence-electron chi connectivity index (χ1n) is 5.91. The largest absolute Gasteiger partial charge is 0.477 e. The smallest absolute Gasteiger partial charge is 0.354 e. The molecule has 0 radical (unpaired) electrons. The van der Waals surface area contributed by atoms with Gasteiger partial charge < -0.3 is 5.11 Å². The van der Waals surface area contributed by atoms with Crippen molar-refractivity contribution in [2.24, 2.45) is 0 Å². The molecular formula is C14H15NO2S. The Hall–Kier alpha value is -1.55. The number of hydrogen-bond donors (Lipinski definition) is 1. The summed E-state index contributed by atoms with van der Waals surface area (Å²) < 4.78 is 0. The van der Waals surface area contributed by atoms with E-state index in [9.17, 15) is 4.79 Å². The highest BCUT2D eigenvalue weighted by atomic mass is 32.2. The number of rotatable bonds is 4. The maximum atomic E-state index is 11.1. The Morgan fingerprint density at radius 2 is 2.17 bits per heavy atom. The number of aromatic nitrogens is 1. The van der Waals surface area contributed by atoms with Crippen molar-refractivity contribution in [3.63, 3.8) is 0 Å². The minimum absolute atomic E-state index is 0.111. The van der Waals surface area contributed by atoms with Crippen LogP contribution in [-0.2, 0) is 0 Å². The number of pyridine rings is 1. The van der Waals surface area contributed by atoms with Crippen LogP contribution in [0.15, 0.2) is 35.4 Å². The molecule has 0 aliphatic heterocycles. The fourth-order valence-electron chi connectivity index (χ4n) is 1.64. The first-order valence-corrected chi connectivity index (χ1v) is 6.79. The lowest BCUT2D eigenvalue weighted by molar-refractivity contribution is 0.0690. The summed E-state index contributed by atoms with van der Waals surface area (Å²) in [6.07, 6.45) is 1.03. The first kappa shape index (κ1) is 12.9. The van der Waals surface area contributed by atoms with Crippen LogP contribution in [0.5, 0.6) is 0 Å². The van der Waals surface area contributed by atoms with Gasteiger partial charge >= 0.3 is 5.97 Å². The summed E-state index contributed by atoms with van der Waals surface area (Å²) >= 11 is 1.63. The molecule has 1 heterocycles. The molecule has 94 valence electrons. The van der Waals surface area contributed by atoms with Gasteiger partial charge in [-0.25, -0.2) is 9.78 Å². The topological polar surface area (TPSA) is 50.2 Å². The van der Waals surface area contributed by atoms with Crippen LogP contribution >= 0.6 is 11.8 Å². The van der Waals surface area contributed by atoms with E-state index in [0.29, 0.717) is 5.25 Å². The molecule has 2 rings (SSSR count). The van der Waals surface area contributed by atoms with E-state index in [2.05, 4.69) is 18.8 Å². The highest BCUT2D eigenvalue weighted by molar-refractivity contribution is 8.00. The van der Waals surface area contributed by atoms with E-state index in [1.54, 1.807) is 17.8 Å². The van der Waals surface area contributed by atoms with Crippen molar-refractivity contribution in [2.75, 3.05) is 0 Å².